The maximum Gasteiger partial charge on any atom is 0.260 e. The molecule has 0 unspecified atom stereocenters. The Morgan fingerprint density at radius 2 is 1.79 bits per heavy atom. The van der Waals surface area contributed by atoms with Gasteiger partial charge in [0.25, 0.3) is 5.91 Å². The molecule has 0 saturated heterocycles. The lowest BCUT2D eigenvalue weighted by Gasteiger charge is -2.20. The standard InChI is InChI=1S/C28H30N2O2S/c1-3-5-9-18-32-24-16-10-15-23(19-24)27(31)30(20-21-12-7-6-8-13-21)28-29-26-22(4-2)14-11-17-25(26)33-28/h6-8,10-17,19H,3-5,9,18,20H2,1-2H3. The molecule has 4 aromatic rings. The van der Waals surface area contributed by atoms with E-state index >= 15 is 0 Å². The zero-order valence-electron chi connectivity index (χ0n) is 19.3. The fourth-order valence-electron chi connectivity index (χ4n) is 3.80. The molecule has 5 heteroatoms. The third-order valence-electron chi connectivity index (χ3n) is 5.63. The quantitative estimate of drug-likeness (QED) is 0.235. The fraction of sp³-hybridized carbons (Fsp3) is 0.286. The first-order chi connectivity index (χ1) is 16.2. The molecular weight excluding hydrogens is 428 g/mol. The predicted molar refractivity (Wildman–Crippen MR) is 137 cm³/mol. The third-order valence-corrected chi connectivity index (χ3v) is 6.67. The van der Waals surface area contributed by atoms with Crippen LogP contribution in [-0.4, -0.2) is 17.5 Å². The van der Waals surface area contributed by atoms with Crippen molar-refractivity contribution in [1.29, 1.82) is 0 Å². The summed E-state index contributed by atoms with van der Waals surface area (Å²) in [4.78, 5) is 20.4. The maximum atomic E-state index is 13.7. The molecule has 0 saturated carbocycles. The van der Waals surface area contributed by atoms with Crippen LogP contribution in [-0.2, 0) is 13.0 Å². The largest absolute Gasteiger partial charge is 0.494 e. The zero-order chi connectivity index (χ0) is 23.0. The van der Waals surface area contributed by atoms with Crippen LogP contribution < -0.4 is 9.64 Å². The fourth-order valence-corrected chi connectivity index (χ4v) is 4.82. The van der Waals surface area contributed by atoms with Crippen LogP contribution in [0.4, 0.5) is 5.13 Å². The Morgan fingerprint density at radius 1 is 0.970 bits per heavy atom. The molecule has 0 atom stereocenters. The molecule has 0 aliphatic heterocycles. The predicted octanol–water partition coefficient (Wildman–Crippen LogP) is 7.27. The lowest BCUT2D eigenvalue weighted by Crippen LogP contribution is -2.30. The van der Waals surface area contributed by atoms with E-state index in [0.29, 0.717) is 23.8 Å². The summed E-state index contributed by atoms with van der Waals surface area (Å²) < 4.78 is 7.00. The smallest absolute Gasteiger partial charge is 0.260 e. The number of ether oxygens (including phenoxy) is 1. The van der Waals surface area contributed by atoms with Gasteiger partial charge in [-0.1, -0.05) is 86.6 Å². The van der Waals surface area contributed by atoms with E-state index in [4.69, 9.17) is 9.72 Å². The van der Waals surface area contributed by atoms with Gasteiger partial charge in [0.1, 0.15) is 5.75 Å². The number of aromatic nitrogens is 1. The lowest BCUT2D eigenvalue weighted by molar-refractivity contribution is 0.0984. The summed E-state index contributed by atoms with van der Waals surface area (Å²) in [5, 5.41) is 0.717. The number of hydrogen-bond acceptors (Lipinski definition) is 4. The third kappa shape index (κ3) is 5.60. The Labute approximate surface area is 199 Å². The molecule has 0 N–H and O–H groups in total. The maximum absolute atomic E-state index is 13.7. The minimum atomic E-state index is -0.0741. The Balaban J connectivity index is 1.66. The highest BCUT2D eigenvalue weighted by atomic mass is 32.1. The zero-order valence-corrected chi connectivity index (χ0v) is 20.1. The van der Waals surface area contributed by atoms with Crippen molar-refractivity contribution in [3.8, 4) is 5.75 Å². The van der Waals surface area contributed by atoms with E-state index in [0.717, 1.165) is 47.2 Å². The number of anilines is 1. The van der Waals surface area contributed by atoms with Gasteiger partial charge in [0.2, 0.25) is 0 Å². The Morgan fingerprint density at radius 3 is 2.58 bits per heavy atom. The molecule has 170 valence electrons. The van der Waals surface area contributed by atoms with Gasteiger partial charge in [-0.2, -0.15) is 0 Å². The topological polar surface area (TPSA) is 42.4 Å². The van der Waals surface area contributed by atoms with Crippen molar-refractivity contribution in [3.63, 3.8) is 0 Å². The number of para-hydroxylation sites is 1. The Hall–Kier alpha value is -3.18. The molecular formula is C28H30N2O2S. The number of aryl methyl sites for hydroxylation is 1. The Bertz CT molecular complexity index is 1200. The number of nitrogens with zero attached hydrogens (tertiary/aromatic N) is 2. The van der Waals surface area contributed by atoms with Crippen molar-refractivity contribution in [2.45, 2.75) is 46.1 Å². The number of thiazole rings is 1. The average Bonchev–Trinajstić information content (AvgIpc) is 3.30. The van der Waals surface area contributed by atoms with E-state index < -0.39 is 0 Å². The van der Waals surface area contributed by atoms with Crippen LogP contribution in [0.5, 0.6) is 5.75 Å². The Kier molecular flexibility index (Phi) is 7.74. The second kappa shape index (κ2) is 11.1. The number of amides is 1. The summed E-state index contributed by atoms with van der Waals surface area (Å²) >= 11 is 1.56. The van der Waals surface area contributed by atoms with Crippen LogP contribution in [0.1, 0.15) is 54.6 Å². The monoisotopic (exact) mass is 458 g/mol. The van der Waals surface area contributed by atoms with Crippen molar-refractivity contribution in [2.75, 3.05) is 11.5 Å². The van der Waals surface area contributed by atoms with E-state index in [1.165, 1.54) is 5.56 Å². The number of fused-ring (bicyclic) bond motifs is 1. The van der Waals surface area contributed by atoms with Crippen molar-refractivity contribution < 1.29 is 9.53 Å². The van der Waals surface area contributed by atoms with Gasteiger partial charge in [0.05, 0.1) is 23.4 Å². The van der Waals surface area contributed by atoms with Crippen LogP contribution in [0.25, 0.3) is 10.2 Å². The first-order valence-electron chi connectivity index (χ1n) is 11.7. The van der Waals surface area contributed by atoms with E-state index in [1.54, 1.807) is 16.2 Å². The van der Waals surface area contributed by atoms with Crippen molar-refractivity contribution in [2.24, 2.45) is 0 Å². The molecule has 3 aromatic carbocycles. The number of benzene rings is 3. The first kappa shape index (κ1) is 23.0. The minimum Gasteiger partial charge on any atom is -0.494 e. The van der Waals surface area contributed by atoms with E-state index in [-0.39, 0.29) is 5.91 Å². The summed E-state index contributed by atoms with van der Waals surface area (Å²) in [7, 11) is 0. The molecule has 0 fully saturated rings. The number of rotatable bonds is 10. The summed E-state index contributed by atoms with van der Waals surface area (Å²) in [5.74, 6) is 0.657. The van der Waals surface area contributed by atoms with Gasteiger partial charge < -0.3 is 4.74 Å². The van der Waals surface area contributed by atoms with Crippen LogP contribution >= 0.6 is 11.3 Å². The molecule has 4 rings (SSSR count). The highest BCUT2D eigenvalue weighted by molar-refractivity contribution is 7.22. The second-order valence-electron chi connectivity index (χ2n) is 8.07. The van der Waals surface area contributed by atoms with Gasteiger partial charge in [-0.3, -0.25) is 9.69 Å². The lowest BCUT2D eigenvalue weighted by atomic mass is 10.1. The van der Waals surface area contributed by atoms with Gasteiger partial charge >= 0.3 is 0 Å². The minimum absolute atomic E-state index is 0.0741. The van der Waals surface area contributed by atoms with Gasteiger partial charge in [0, 0.05) is 5.56 Å². The highest BCUT2D eigenvalue weighted by Crippen LogP contribution is 2.33. The molecule has 33 heavy (non-hydrogen) atoms. The highest BCUT2D eigenvalue weighted by Gasteiger charge is 2.22. The molecule has 4 nitrogen and oxygen atoms in total. The van der Waals surface area contributed by atoms with Gasteiger partial charge in [-0.05, 0) is 48.2 Å². The summed E-state index contributed by atoms with van der Waals surface area (Å²) in [6.07, 6.45) is 4.21. The van der Waals surface area contributed by atoms with Crippen LogP contribution in [0, 0.1) is 0 Å². The number of carbonyl (C=O) groups excluding carboxylic acids is 1. The van der Waals surface area contributed by atoms with Crippen molar-refractivity contribution in [1.82, 2.24) is 4.98 Å². The number of hydrogen-bond donors (Lipinski definition) is 0. The van der Waals surface area contributed by atoms with Gasteiger partial charge in [-0.25, -0.2) is 4.98 Å². The number of unbranched alkanes of at least 4 members (excludes halogenated alkanes) is 2. The van der Waals surface area contributed by atoms with Crippen LogP contribution in [0.3, 0.4) is 0 Å². The van der Waals surface area contributed by atoms with E-state index in [1.807, 2.05) is 54.6 Å². The van der Waals surface area contributed by atoms with E-state index in [2.05, 4.69) is 32.0 Å². The molecule has 0 spiro atoms. The average molecular weight is 459 g/mol. The summed E-state index contributed by atoms with van der Waals surface area (Å²) in [5.41, 5.74) is 3.85. The van der Waals surface area contributed by atoms with Crippen molar-refractivity contribution in [3.05, 3.63) is 89.5 Å². The molecule has 0 bridgehead atoms. The molecule has 0 radical (unpaired) electrons. The molecule has 1 heterocycles. The normalized spacial score (nSPS) is 11.0. The molecule has 0 aliphatic carbocycles. The summed E-state index contributed by atoms with van der Waals surface area (Å²) in [6, 6.07) is 23.8. The van der Waals surface area contributed by atoms with E-state index in [9.17, 15) is 4.79 Å². The van der Waals surface area contributed by atoms with Crippen LogP contribution in [0.2, 0.25) is 0 Å². The number of carbonyl (C=O) groups is 1. The first-order valence-corrected chi connectivity index (χ1v) is 12.5. The SMILES string of the molecule is CCCCCOc1cccc(C(=O)N(Cc2ccccc2)c2nc3c(CC)cccc3s2)c1. The molecule has 0 aliphatic rings. The van der Waals surface area contributed by atoms with Crippen molar-refractivity contribution >= 4 is 32.6 Å². The van der Waals surface area contributed by atoms with Crippen LogP contribution in [0.15, 0.2) is 72.8 Å². The molecule has 1 amide bonds. The summed E-state index contributed by atoms with van der Waals surface area (Å²) in [6.45, 7) is 5.43. The molecule has 1 aromatic heterocycles. The second-order valence-corrected chi connectivity index (χ2v) is 9.08. The van der Waals surface area contributed by atoms with Gasteiger partial charge in [0.15, 0.2) is 5.13 Å². The van der Waals surface area contributed by atoms with Gasteiger partial charge in [-0.15, -0.1) is 0 Å².